The highest BCUT2D eigenvalue weighted by molar-refractivity contribution is 9.10. The third-order valence-corrected chi connectivity index (χ3v) is 4.62. The molecule has 0 saturated carbocycles. The van der Waals surface area contributed by atoms with E-state index in [2.05, 4.69) is 26.2 Å². The molecule has 5 nitrogen and oxygen atoms in total. The molecule has 2 aromatic rings. The first-order valence-corrected chi connectivity index (χ1v) is 8.51. The van der Waals surface area contributed by atoms with E-state index >= 15 is 0 Å². The zero-order chi connectivity index (χ0) is 17.1. The molecule has 3 rings (SSSR count). The number of nitrogens with one attached hydrogen (secondary N) is 1. The van der Waals surface area contributed by atoms with E-state index in [1.54, 1.807) is 24.3 Å². The second-order valence-corrected chi connectivity index (χ2v) is 6.80. The largest absolute Gasteiger partial charge is 0.478 e. The number of carboxylic acid groups (broad SMARTS) is 1. The number of aromatic carboxylic acids is 1. The molecule has 1 heterocycles. The molecule has 2 aromatic carbocycles. The molecule has 1 aliphatic heterocycles. The van der Waals surface area contributed by atoms with Crippen molar-refractivity contribution < 1.29 is 14.7 Å². The predicted octanol–water partition coefficient (Wildman–Crippen LogP) is 4.04. The number of thioether (sulfide) groups is 1. The molecule has 120 valence electrons. The molecular formula is C17H11BrN2O3S. The van der Waals surface area contributed by atoms with E-state index in [1.807, 2.05) is 24.3 Å². The molecular weight excluding hydrogens is 392 g/mol. The maximum Gasteiger partial charge on any atom is 0.336 e. The van der Waals surface area contributed by atoms with Crippen LogP contribution in [-0.2, 0) is 4.79 Å². The van der Waals surface area contributed by atoms with E-state index in [9.17, 15) is 14.7 Å². The molecule has 0 bridgehead atoms. The van der Waals surface area contributed by atoms with Gasteiger partial charge < -0.3 is 10.4 Å². The van der Waals surface area contributed by atoms with E-state index in [1.165, 1.54) is 17.8 Å². The average molecular weight is 403 g/mol. The lowest BCUT2D eigenvalue weighted by Gasteiger charge is -2.00. The summed E-state index contributed by atoms with van der Waals surface area (Å²) < 4.78 is 0.945. The van der Waals surface area contributed by atoms with E-state index in [0.29, 0.717) is 21.3 Å². The second kappa shape index (κ2) is 7.02. The first-order chi connectivity index (χ1) is 11.5. The summed E-state index contributed by atoms with van der Waals surface area (Å²) in [5, 5.41) is 12.4. The van der Waals surface area contributed by atoms with Crippen LogP contribution < -0.4 is 5.32 Å². The molecule has 1 saturated heterocycles. The lowest BCUT2D eigenvalue weighted by atomic mass is 10.1. The van der Waals surface area contributed by atoms with Crippen LogP contribution in [0.1, 0.15) is 15.9 Å². The predicted molar refractivity (Wildman–Crippen MR) is 98.3 cm³/mol. The number of carbonyl (C=O) groups is 2. The highest BCUT2D eigenvalue weighted by Gasteiger charge is 2.24. The van der Waals surface area contributed by atoms with Crippen molar-refractivity contribution in [2.24, 2.45) is 4.99 Å². The van der Waals surface area contributed by atoms with Gasteiger partial charge in [-0.25, -0.2) is 9.79 Å². The zero-order valence-corrected chi connectivity index (χ0v) is 14.6. The van der Waals surface area contributed by atoms with Gasteiger partial charge in [0.25, 0.3) is 5.91 Å². The maximum absolute atomic E-state index is 12.1. The Morgan fingerprint density at radius 1 is 1.17 bits per heavy atom. The quantitative estimate of drug-likeness (QED) is 0.759. The lowest BCUT2D eigenvalue weighted by molar-refractivity contribution is -0.115. The van der Waals surface area contributed by atoms with Gasteiger partial charge in [-0.05, 0) is 53.7 Å². The van der Waals surface area contributed by atoms with Crippen LogP contribution in [0.25, 0.3) is 6.08 Å². The highest BCUT2D eigenvalue weighted by atomic mass is 79.9. The number of hydrogen-bond donors (Lipinski definition) is 2. The first-order valence-electron chi connectivity index (χ1n) is 6.90. The molecule has 1 amide bonds. The Bertz CT molecular complexity index is 876. The number of halogens is 1. The fraction of sp³-hybridized carbons (Fsp3) is 0. The lowest BCUT2D eigenvalue weighted by Crippen LogP contribution is -2.19. The van der Waals surface area contributed by atoms with Crippen molar-refractivity contribution >= 4 is 56.5 Å². The summed E-state index contributed by atoms with van der Waals surface area (Å²) in [5.41, 5.74) is 1.34. The van der Waals surface area contributed by atoms with Gasteiger partial charge in [0.1, 0.15) is 0 Å². The summed E-state index contributed by atoms with van der Waals surface area (Å²) >= 11 is 4.53. The van der Waals surface area contributed by atoms with Crippen molar-refractivity contribution in [1.29, 1.82) is 0 Å². The molecule has 0 spiro atoms. The fourth-order valence-corrected chi connectivity index (χ4v) is 3.17. The van der Waals surface area contributed by atoms with Crippen LogP contribution in [0, 0.1) is 0 Å². The van der Waals surface area contributed by atoms with Crippen LogP contribution in [0.2, 0.25) is 0 Å². The SMILES string of the molecule is O=C1NC(=Nc2ccc(Br)cc2)S/C1=C/c1ccccc1C(=O)O. The summed E-state index contributed by atoms with van der Waals surface area (Å²) in [6.45, 7) is 0. The molecule has 0 aromatic heterocycles. The third-order valence-electron chi connectivity index (χ3n) is 3.19. The third kappa shape index (κ3) is 3.74. The molecule has 0 radical (unpaired) electrons. The van der Waals surface area contributed by atoms with Crippen LogP contribution in [0.5, 0.6) is 0 Å². The smallest absolute Gasteiger partial charge is 0.336 e. The molecule has 1 aliphatic rings. The highest BCUT2D eigenvalue weighted by Crippen LogP contribution is 2.29. The Hall–Kier alpha value is -2.38. The van der Waals surface area contributed by atoms with Crippen molar-refractivity contribution in [2.75, 3.05) is 0 Å². The molecule has 0 atom stereocenters. The second-order valence-electron chi connectivity index (χ2n) is 4.85. The monoisotopic (exact) mass is 402 g/mol. The van der Waals surface area contributed by atoms with Crippen molar-refractivity contribution in [3.63, 3.8) is 0 Å². The van der Waals surface area contributed by atoms with Crippen LogP contribution in [0.15, 0.2) is 62.9 Å². The minimum absolute atomic E-state index is 0.150. The van der Waals surface area contributed by atoms with Gasteiger partial charge >= 0.3 is 5.97 Å². The molecule has 2 N–H and O–H groups in total. The van der Waals surface area contributed by atoms with Gasteiger partial charge in [0, 0.05) is 4.47 Å². The molecule has 7 heteroatoms. The van der Waals surface area contributed by atoms with Gasteiger partial charge in [-0.3, -0.25) is 4.79 Å². The number of carbonyl (C=O) groups excluding carboxylic acids is 1. The number of aliphatic imine (C=N–C) groups is 1. The number of rotatable bonds is 3. The molecule has 0 aliphatic carbocycles. The van der Waals surface area contributed by atoms with Gasteiger partial charge in [0.2, 0.25) is 0 Å². The first kappa shape index (κ1) is 16.5. The Morgan fingerprint density at radius 3 is 2.58 bits per heavy atom. The summed E-state index contributed by atoms with van der Waals surface area (Å²) in [7, 11) is 0. The normalized spacial score (nSPS) is 17.3. The van der Waals surface area contributed by atoms with Gasteiger partial charge in [-0.2, -0.15) is 0 Å². The topological polar surface area (TPSA) is 78.8 Å². The van der Waals surface area contributed by atoms with Crippen LogP contribution >= 0.6 is 27.7 Å². The Balaban J connectivity index is 1.88. The minimum Gasteiger partial charge on any atom is -0.478 e. The van der Waals surface area contributed by atoms with E-state index in [0.717, 1.165) is 4.47 Å². The molecule has 1 fully saturated rings. The Kier molecular flexibility index (Phi) is 4.82. The number of carboxylic acids is 1. The van der Waals surface area contributed by atoms with E-state index < -0.39 is 5.97 Å². The summed E-state index contributed by atoms with van der Waals surface area (Å²) in [6, 6.07) is 13.9. The van der Waals surface area contributed by atoms with Gasteiger partial charge in [0.05, 0.1) is 16.2 Å². The fourth-order valence-electron chi connectivity index (χ4n) is 2.07. The summed E-state index contributed by atoms with van der Waals surface area (Å²) in [4.78, 5) is 28.1. The maximum atomic E-state index is 12.1. The van der Waals surface area contributed by atoms with Crippen LogP contribution in [-0.4, -0.2) is 22.2 Å². The number of benzene rings is 2. The van der Waals surface area contributed by atoms with E-state index in [4.69, 9.17) is 0 Å². The standard InChI is InChI=1S/C17H11BrN2O3S/c18-11-5-7-12(8-6-11)19-17-20-15(21)14(24-17)9-10-3-1-2-4-13(10)16(22)23/h1-9H,(H,22,23)(H,19,20,21)/b14-9+. The number of amides is 1. The molecule has 0 unspecified atom stereocenters. The van der Waals surface area contributed by atoms with Gasteiger partial charge in [-0.15, -0.1) is 0 Å². The zero-order valence-electron chi connectivity index (χ0n) is 12.2. The summed E-state index contributed by atoms with van der Waals surface area (Å²) in [6.07, 6.45) is 1.56. The summed E-state index contributed by atoms with van der Waals surface area (Å²) in [5.74, 6) is -1.33. The van der Waals surface area contributed by atoms with Gasteiger partial charge in [-0.1, -0.05) is 34.1 Å². The molecule has 24 heavy (non-hydrogen) atoms. The van der Waals surface area contributed by atoms with Crippen molar-refractivity contribution in [2.45, 2.75) is 0 Å². The van der Waals surface area contributed by atoms with E-state index in [-0.39, 0.29) is 11.5 Å². The van der Waals surface area contributed by atoms with Crippen LogP contribution in [0.4, 0.5) is 5.69 Å². The van der Waals surface area contributed by atoms with Crippen molar-refractivity contribution in [3.05, 3.63) is 69.0 Å². The Morgan fingerprint density at radius 2 is 1.88 bits per heavy atom. The number of nitrogens with zero attached hydrogens (tertiary/aromatic N) is 1. The number of amidine groups is 1. The minimum atomic E-state index is -1.03. The van der Waals surface area contributed by atoms with Gasteiger partial charge in [0.15, 0.2) is 5.17 Å². The Labute approximate surface area is 150 Å². The average Bonchev–Trinajstić information content (AvgIpc) is 2.89. The number of hydrogen-bond acceptors (Lipinski definition) is 4. The van der Waals surface area contributed by atoms with Crippen LogP contribution in [0.3, 0.4) is 0 Å². The van der Waals surface area contributed by atoms with Crippen molar-refractivity contribution in [3.8, 4) is 0 Å². The van der Waals surface area contributed by atoms with Crippen molar-refractivity contribution in [1.82, 2.24) is 5.32 Å².